The van der Waals surface area contributed by atoms with E-state index in [4.69, 9.17) is 5.73 Å². The molecule has 1 aromatic carbocycles. The first kappa shape index (κ1) is 14.3. The Labute approximate surface area is 113 Å². The third-order valence-electron chi connectivity index (χ3n) is 2.74. The maximum atomic E-state index is 6.03. The minimum Gasteiger partial charge on any atom is -0.365 e. The van der Waals surface area contributed by atoms with Crippen molar-refractivity contribution in [2.75, 3.05) is 11.4 Å². The molecule has 0 bridgehead atoms. The summed E-state index contributed by atoms with van der Waals surface area (Å²) < 4.78 is 1.08. The molecule has 0 aliphatic heterocycles. The van der Waals surface area contributed by atoms with Gasteiger partial charge in [-0.05, 0) is 38.5 Å². The van der Waals surface area contributed by atoms with Crippen LogP contribution < -0.4 is 10.6 Å². The molecule has 0 aliphatic carbocycles. The summed E-state index contributed by atoms with van der Waals surface area (Å²) in [6.07, 6.45) is 1.92. The first-order chi connectivity index (χ1) is 7.97. The molecular weight excluding hydrogens is 276 g/mol. The van der Waals surface area contributed by atoms with Gasteiger partial charge < -0.3 is 10.6 Å². The molecule has 0 fully saturated rings. The van der Waals surface area contributed by atoms with E-state index in [1.54, 1.807) is 0 Å². The summed E-state index contributed by atoms with van der Waals surface area (Å²) in [5.41, 5.74) is 8.39. The van der Waals surface area contributed by atoms with E-state index in [9.17, 15) is 0 Å². The van der Waals surface area contributed by atoms with Gasteiger partial charge in [0.15, 0.2) is 0 Å². The summed E-state index contributed by atoms with van der Waals surface area (Å²) in [7, 11) is 0. The van der Waals surface area contributed by atoms with Gasteiger partial charge in [-0.1, -0.05) is 28.1 Å². The summed E-state index contributed by atoms with van der Waals surface area (Å²) in [6, 6.07) is 6.70. The molecule has 0 saturated heterocycles. The Balaban J connectivity index is 3.23. The topological polar surface area (TPSA) is 29.3 Å². The Morgan fingerprint density at radius 2 is 2.06 bits per heavy atom. The first-order valence-electron chi connectivity index (χ1n) is 5.90. The number of nitrogens with two attached hydrogens (primary N) is 1. The molecule has 1 atom stereocenters. The van der Waals surface area contributed by atoms with Crippen molar-refractivity contribution in [1.82, 2.24) is 0 Å². The zero-order chi connectivity index (χ0) is 13.0. The largest absolute Gasteiger partial charge is 0.365 e. The second kappa shape index (κ2) is 6.22. The predicted octanol–water partition coefficient (Wildman–Crippen LogP) is 3.87. The minimum atomic E-state index is 0.0316. The highest BCUT2D eigenvalue weighted by Gasteiger charge is 2.15. The predicted molar refractivity (Wildman–Crippen MR) is 79.4 cm³/mol. The third-order valence-corrected chi connectivity index (χ3v) is 3.23. The maximum Gasteiger partial charge on any atom is 0.0430 e. The number of hydrogen-bond donors (Lipinski definition) is 1. The molecule has 2 N–H and O–H groups in total. The van der Waals surface area contributed by atoms with E-state index in [0.717, 1.165) is 11.0 Å². The molecule has 17 heavy (non-hydrogen) atoms. The first-order valence-corrected chi connectivity index (χ1v) is 6.69. The maximum absolute atomic E-state index is 6.03. The van der Waals surface area contributed by atoms with Gasteiger partial charge in [0.25, 0.3) is 0 Å². The highest BCUT2D eigenvalue weighted by Crippen LogP contribution is 2.30. The summed E-state index contributed by atoms with van der Waals surface area (Å²) in [4.78, 5) is 2.30. The summed E-state index contributed by atoms with van der Waals surface area (Å²) in [5, 5.41) is 0. The number of rotatable bonds is 5. The molecule has 1 aromatic rings. The van der Waals surface area contributed by atoms with Crippen LogP contribution in [0.4, 0.5) is 5.69 Å². The summed E-state index contributed by atoms with van der Waals surface area (Å²) in [6.45, 7) is 11.0. The second-order valence-corrected chi connectivity index (χ2v) is 5.44. The van der Waals surface area contributed by atoms with Gasteiger partial charge in [0.1, 0.15) is 0 Å². The number of benzene rings is 1. The lowest BCUT2D eigenvalue weighted by atomic mass is 10.0. The normalized spacial score (nSPS) is 12.6. The van der Waals surface area contributed by atoms with E-state index in [2.05, 4.69) is 53.4 Å². The molecule has 94 valence electrons. The van der Waals surface area contributed by atoms with Crippen molar-refractivity contribution in [3.05, 3.63) is 40.9 Å². The lowest BCUT2D eigenvalue weighted by molar-refractivity contribution is 0.708. The van der Waals surface area contributed by atoms with Crippen LogP contribution in [0.2, 0.25) is 0 Å². The highest BCUT2D eigenvalue weighted by atomic mass is 79.9. The fraction of sp³-hybridized carbons (Fsp3) is 0.429. The fourth-order valence-electron chi connectivity index (χ4n) is 1.88. The van der Waals surface area contributed by atoms with Crippen LogP contribution in [0.1, 0.15) is 32.4 Å². The second-order valence-electron chi connectivity index (χ2n) is 4.53. The van der Waals surface area contributed by atoms with Crippen LogP contribution in [0.3, 0.4) is 0 Å². The summed E-state index contributed by atoms with van der Waals surface area (Å²) >= 11 is 3.52. The average molecular weight is 297 g/mol. The van der Waals surface area contributed by atoms with Gasteiger partial charge in [-0.2, -0.15) is 0 Å². The lowest BCUT2D eigenvalue weighted by Gasteiger charge is -2.31. The third kappa shape index (κ3) is 3.58. The van der Waals surface area contributed by atoms with Gasteiger partial charge in [0.2, 0.25) is 0 Å². The number of hydrogen-bond acceptors (Lipinski definition) is 2. The van der Waals surface area contributed by atoms with E-state index < -0.39 is 0 Å². The molecule has 0 aromatic heterocycles. The average Bonchev–Trinajstić information content (AvgIpc) is 2.24. The molecule has 0 heterocycles. The van der Waals surface area contributed by atoms with Crippen molar-refractivity contribution in [1.29, 1.82) is 0 Å². The van der Waals surface area contributed by atoms with E-state index in [0.29, 0.717) is 6.04 Å². The SMILES string of the molecule is C=CCN(c1cc(Br)ccc1C(C)N)C(C)C. The monoisotopic (exact) mass is 296 g/mol. The van der Waals surface area contributed by atoms with Crippen LogP contribution in [0.25, 0.3) is 0 Å². The van der Waals surface area contributed by atoms with Gasteiger partial charge in [0.05, 0.1) is 0 Å². The van der Waals surface area contributed by atoms with Crippen molar-refractivity contribution in [2.24, 2.45) is 5.73 Å². The van der Waals surface area contributed by atoms with Crippen LogP contribution in [-0.2, 0) is 0 Å². The zero-order valence-electron chi connectivity index (χ0n) is 10.8. The number of halogens is 1. The molecule has 1 unspecified atom stereocenters. The van der Waals surface area contributed by atoms with Gasteiger partial charge in [0, 0.05) is 28.8 Å². The van der Waals surface area contributed by atoms with Crippen molar-refractivity contribution in [3.8, 4) is 0 Å². The Hall–Kier alpha value is -0.800. The molecular formula is C14H21BrN2. The van der Waals surface area contributed by atoms with E-state index in [1.807, 2.05) is 19.1 Å². The molecule has 2 nitrogen and oxygen atoms in total. The minimum absolute atomic E-state index is 0.0316. The number of nitrogens with zero attached hydrogens (tertiary/aromatic N) is 1. The quantitative estimate of drug-likeness (QED) is 0.836. The molecule has 0 spiro atoms. The summed E-state index contributed by atoms with van der Waals surface area (Å²) in [5.74, 6) is 0. The Morgan fingerprint density at radius 3 is 2.53 bits per heavy atom. The fourth-order valence-corrected chi connectivity index (χ4v) is 2.23. The van der Waals surface area contributed by atoms with E-state index in [1.165, 1.54) is 11.3 Å². The Morgan fingerprint density at radius 1 is 1.41 bits per heavy atom. The van der Waals surface area contributed by atoms with Crippen molar-refractivity contribution in [3.63, 3.8) is 0 Å². The molecule has 0 aliphatic rings. The zero-order valence-corrected chi connectivity index (χ0v) is 12.4. The van der Waals surface area contributed by atoms with Crippen LogP contribution in [0, 0.1) is 0 Å². The molecule has 0 saturated carbocycles. The van der Waals surface area contributed by atoms with E-state index in [-0.39, 0.29) is 6.04 Å². The standard InChI is InChI=1S/C14H21BrN2/c1-5-8-17(10(2)3)14-9-12(15)6-7-13(14)11(4)16/h5-7,9-11H,1,8,16H2,2-4H3. The van der Waals surface area contributed by atoms with Gasteiger partial charge >= 0.3 is 0 Å². The van der Waals surface area contributed by atoms with Crippen LogP contribution in [0.5, 0.6) is 0 Å². The van der Waals surface area contributed by atoms with Gasteiger partial charge in [-0.3, -0.25) is 0 Å². The Bertz CT molecular complexity index is 386. The smallest absolute Gasteiger partial charge is 0.0430 e. The van der Waals surface area contributed by atoms with Crippen LogP contribution in [-0.4, -0.2) is 12.6 Å². The van der Waals surface area contributed by atoms with Crippen molar-refractivity contribution < 1.29 is 0 Å². The molecule has 0 amide bonds. The lowest BCUT2D eigenvalue weighted by Crippen LogP contribution is -2.32. The molecule has 3 heteroatoms. The van der Waals surface area contributed by atoms with E-state index >= 15 is 0 Å². The van der Waals surface area contributed by atoms with Gasteiger partial charge in [-0.25, -0.2) is 0 Å². The van der Waals surface area contributed by atoms with Crippen LogP contribution in [0.15, 0.2) is 35.3 Å². The number of anilines is 1. The Kier molecular flexibility index (Phi) is 5.22. The van der Waals surface area contributed by atoms with Gasteiger partial charge in [-0.15, -0.1) is 6.58 Å². The molecule has 0 radical (unpaired) electrons. The highest BCUT2D eigenvalue weighted by molar-refractivity contribution is 9.10. The van der Waals surface area contributed by atoms with Crippen LogP contribution >= 0.6 is 15.9 Å². The van der Waals surface area contributed by atoms with Crippen molar-refractivity contribution >= 4 is 21.6 Å². The van der Waals surface area contributed by atoms with Crippen molar-refractivity contribution in [2.45, 2.75) is 32.9 Å². The molecule has 1 rings (SSSR count).